The number of hydroxylamine groups is 1. The number of nitriles is 1. The van der Waals surface area contributed by atoms with Crippen molar-refractivity contribution in [3.8, 4) is 11.8 Å². The maximum atomic E-state index is 14.0. The second-order valence-corrected chi connectivity index (χ2v) is 10.5. The van der Waals surface area contributed by atoms with Crippen molar-refractivity contribution >= 4 is 33.8 Å². The van der Waals surface area contributed by atoms with E-state index in [1.807, 2.05) is 55.5 Å². The summed E-state index contributed by atoms with van der Waals surface area (Å²) in [5.74, 6) is -0.766. The van der Waals surface area contributed by atoms with Crippen molar-refractivity contribution < 1.29 is 19.2 Å². The van der Waals surface area contributed by atoms with E-state index in [0.29, 0.717) is 16.3 Å². The van der Waals surface area contributed by atoms with Gasteiger partial charge in [0.25, 0.3) is 5.91 Å². The summed E-state index contributed by atoms with van der Waals surface area (Å²) in [6, 6.07) is 17.0. The van der Waals surface area contributed by atoms with Crippen LogP contribution < -0.4 is 14.7 Å². The molecule has 6 rings (SSSR count). The van der Waals surface area contributed by atoms with Crippen molar-refractivity contribution in [2.75, 3.05) is 17.1 Å². The molecule has 8 heteroatoms. The number of benzene rings is 2. The van der Waals surface area contributed by atoms with Crippen LogP contribution in [0.4, 0.5) is 10.7 Å². The molecule has 0 saturated carbocycles. The highest BCUT2D eigenvalue weighted by Gasteiger charge is 2.61. The van der Waals surface area contributed by atoms with Crippen molar-refractivity contribution in [3.05, 3.63) is 75.7 Å². The van der Waals surface area contributed by atoms with E-state index in [4.69, 9.17) is 9.57 Å². The standard InChI is InChI=1S/C28H25N3O4S/c1-16-7-3-5-9-21(16)31-24(17-11-13-18(34-2)14-12-17)23-25(35-31)27(33)30(26(23)32)28-20(15-29)19-8-4-6-10-22(19)36-28/h3,5,7,9,11-14,23-25H,4,6,8,10H2,1-2H3/t23-,24+,25-/m0/s1. The maximum Gasteiger partial charge on any atom is 0.267 e. The molecule has 7 nitrogen and oxygen atoms in total. The average Bonchev–Trinajstić information content (AvgIpc) is 3.54. The second-order valence-electron chi connectivity index (χ2n) is 9.40. The molecule has 3 aromatic rings. The Morgan fingerprint density at radius 1 is 1.06 bits per heavy atom. The van der Waals surface area contributed by atoms with Gasteiger partial charge in [0.05, 0.1) is 24.4 Å². The fraction of sp³-hybridized carbons (Fsp3) is 0.321. The number of rotatable bonds is 4. The number of nitrogens with zero attached hydrogens (tertiary/aromatic N) is 3. The van der Waals surface area contributed by atoms with Crippen molar-refractivity contribution in [2.45, 2.75) is 44.8 Å². The van der Waals surface area contributed by atoms with E-state index in [1.165, 1.54) is 16.2 Å². The predicted molar refractivity (Wildman–Crippen MR) is 136 cm³/mol. The van der Waals surface area contributed by atoms with Gasteiger partial charge >= 0.3 is 0 Å². The van der Waals surface area contributed by atoms with Crippen molar-refractivity contribution in [3.63, 3.8) is 0 Å². The summed E-state index contributed by atoms with van der Waals surface area (Å²) in [5.41, 5.74) is 4.10. The summed E-state index contributed by atoms with van der Waals surface area (Å²) in [4.78, 5) is 36.4. The molecule has 2 fully saturated rings. The first kappa shape index (κ1) is 22.8. The minimum atomic E-state index is -0.963. The first-order valence-corrected chi connectivity index (χ1v) is 12.9. The maximum absolute atomic E-state index is 14.0. The fourth-order valence-corrected chi connectivity index (χ4v) is 6.95. The highest BCUT2D eigenvalue weighted by molar-refractivity contribution is 7.17. The summed E-state index contributed by atoms with van der Waals surface area (Å²) in [6.07, 6.45) is 2.79. The molecule has 2 saturated heterocycles. The van der Waals surface area contributed by atoms with E-state index in [9.17, 15) is 14.9 Å². The first-order valence-electron chi connectivity index (χ1n) is 12.1. The Labute approximate surface area is 213 Å². The third-order valence-corrected chi connectivity index (χ3v) is 8.67. The molecule has 2 aliphatic heterocycles. The third-order valence-electron chi connectivity index (χ3n) is 7.39. The summed E-state index contributed by atoms with van der Waals surface area (Å²) < 4.78 is 5.32. The molecule has 3 heterocycles. The zero-order valence-electron chi connectivity index (χ0n) is 20.1. The number of aryl methyl sites for hydroxylation is 2. The van der Waals surface area contributed by atoms with Crippen LogP contribution in [0.3, 0.4) is 0 Å². The molecule has 3 atom stereocenters. The van der Waals surface area contributed by atoms with E-state index in [0.717, 1.165) is 52.9 Å². The molecule has 0 bridgehead atoms. The zero-order chi connectivity index (χ0) is 25.0. The molecule has 0 N–H and O–H groups in total. The largest absolute Gasteiger partial charge is 0.497 e. The molecule has 2 amide bonds. The number of para-hydroxylation sites is 1. The summed E-state index contributed by atoms with van der Waals surface area (Å²) in [6.45, 7) is 1.98. The number of hydrogen-bond acceptors (Lipinski definition) is 7. The minimum Gasteiger partial charge on any atom is -0.497 e. The van der Waals surface area contributed by atoms with Crippen molar-refractivity contribution in [1.82, 2.24) is 0 Å². The molecule has 2 aromatic carbocycles. The number of ether oxygens (including phenoxy) is 1. The Bertz CT molecular complexity index is 1410. The monoisotopic (exact) mass is 499 g/mol. The van der Waals surface area contributed by atoms with Crippen LogP contribution in [0.15, 0.2) is 48.5 Å². The van der Waals surface area contributed by atoms with Crippen LogP contribution in [0.25, 0.3) is 0 Å². The Morgan fingerprint density at radius 2 is 1.81 bits per heavy atom. The smallest absolute Gasteiger partial charge is 0.267 e. The van der Waals surface area contributed by atoms with Gasteiger partial charge in [0.2, 0.25) is 5.91 Å². The molecule has 182 valence electrons. The first-order chi connectivity index (χ1) is 17.5. The normalized spacial score (nSPS) is 23.0. The van der Waals surface area contributed by atoms with Gasteiger partial charge in [-0.2, -0.15) is 5.26 Å². The summed E-state index contributed by atoms with van der Waals surface area (Å²) in [5, 5.41) is 12.1. The van der Waals surface area contributed by atoms with Crippen LogP contribution in [0, 0.1) is 24.2 Å². The number of thiophene rings is 1. The Kier molecular flexibility index (Phi) is 5.55. The molecular formula is C28H25N3O4S. The number of amides is 2. The lowest BCUT2D eigenvalue weighted by Gasteiger charge is -2.29. The van der Waals surface area contributed by atoms with E-state index in [1.54, 1.807) is 12.2 Å². The summed E-state index contributed by atoms with van der Waals surface area (Å²) >= 11 is 1.41. The van der Waals surface area contributed by atoms with E-state index in [2.05, 4.69) is 6.07 Å². The number of imide groups is 1. The van der Waals surface area contributed by atoms with Gasteiger partial charge in [-0.25, -0.2) is 9.96 Å². The van der Waals surface area contributed by atoms with E-state index >= 15 is 0 Å². The molecule has 0 unspecified atom stereocenters. The van der Waals surface area contributed by atoms with Crippen LogP contribution in [0.1, 0.15) is 46.0 Å². The zero-order valence-corrected chi connectivity index (χ0v) is 20.9. The van der Waals surface area contributed by atoms with E-state index in [-0.39, 0.29) is 5.91 Å². The lowest BCUT2D eigenvalue weighted by Crippen LogP contribution is -2.37. The second kappa shape index (κ2) is 8.77. The number of hydrogen-bond donors (Lipinski definition) is 0. The van der Waals surface area contributed by atoms with Crippen LogP contribution in [0.2, 0.25) is 0 Å². The van der Waals surface area contributed by atoms with Gasteiger partial charge in [-0.1, -0.05) is 30.3 Å². The van der Waals surface area contributed by atoms with Gasteiger partial charge < -0.3 is 4.74 Å². The molecule has 36 heavy (non-hydrogen) atoms. The van der Waals surface area contributed by atoms with Gasteiger partial charge in [-0.3, -0.25) is 14.4 Å². The number of anilines is 2. The topological polar surface area (TPSA) is 82.9 Å². The average molecular weight is 500 g/mol. The van der Waals surface area contributed by atoms with Gasteiger partial charge in [0.15, 0.2) is 6.10 Å². The van der Waals surface area contributed by atoms with Crippen molar-refractivity contribution in [1.29, 1.82) is 5.26 Å². The van der Waals surface area contributed by atoms with E-state index < -0.39 is 24.0 Å². The highest BCUT2D eigenvalue weighted by atomic mass is 32.1. The number of fused-ring (bicyclic) bond motifs is 2. The molecular weight excluding hydrogens is 474 g/mol. The molecule has 1 aliphatic carbocycles. The van der Waals surface area contributed by atoms with Crippen molar-refractivity contribution in [2.24, 2.45) is 5.92 Å². The lowest BCUT2D eigenvalue weighted by atomic mass is 9.90. The van der Waals surface area contributed by atoms with Gasteiger partial charge in [-0.15, -0.1) is 11.3 Å². The van der Waals surface area contributed by atoms with Crippen LogP contribution in [-0.4, -0.2) is 25.0 Å². The SMILES string of the molecule is COc1ccc([C@@H]2[C@@H]3C(=O)N(c4sc5c(c4C#N)CCCC5)C(=O)[C@H]3ON2c2ccccc2C)cc1. The van der Waals surface area contributed by atoms with Gasteiger partial charge in [0.1, 0.15) is 22.7 Å². The van der Waals surface area contributed by atoms with Crippen LogP contribution >= 0.6 is 11.3 Å². The van der Waals surface area contributed by atoms with Gasteiger partial charge in [0, 0.05) is 4.88 Å². The quantitative estimate of drug-likeness (QED) is 0.477. The fourth-order valence-electron chi connectivity index (χ4n) is 5.60. The highest BCUT2D eigenvalue weighted by Crippen LogP contribution is 2.50. The number of carbonyl (C=O) groups is 2. The Morgan fingerprint density at radius 3 is 2.53 bits per heavy atom. The third kappa shape index (κ3) is 3.34. The number of carbonyl (C=O) groups excluding carboxylic acids is 2. The minimum absolute atomic E-state index is 0.322. The van der Waals surface area contributed by atoms with Gasteiger partial charge in [-0.05, 0) is 67.5 Å². The molecule has 0 radical (unpaired) electrons. The summed E-state index contributed by atoms with van der Waals surface area (Å²) in [7, 11) is 1.60. The van der Waals surface area contributed by atoms with Crippen LogP contribution in [-0.2, 0) is 27.3 Å². The van der Waals surface area contributed by atoms with Crippen LogP contribution in [0.5, 0.6) is 5.75 Å². The molecule has 3 aliphatic rings. The Hall–Kier alpha value is -3.67. The lowest BCUT2D eigenvalue weighted by molar-refractivity contribution is -0.126. The Balaban J connectivity index is 1.44. The predicted octanol–water partition coefficient (Wildman–Crippen LogP) is 4.87. The number of methoxy groups -OCH3 is 1. The molecule has 1 aromatic heterocycles. The molecule has 0 spiro atoms.